The number of Topliss-reactive ketones (excluding diaryl/α,β-unsaturated/α-hetero) is 2. The molecule has 0 atom stereocenters. The predicted molar refractivity (Wildman–Crippen MR) is 186 cm³/mol. The summed E-state index contributed by atoms with van der Waals surface area (Å²) in [6, 6.07) is 5.73. The molecule has 4 fully saturated rings. The van der Waals surface area contributed by atoms with Crippen LogP contribution in [0.1, 0.15) is 72.1 Å². The smallest absolute Gasteiger partial charge is 0.299 e. The molecule has 50 heavy (non-hydrogen) atoms. The van der Waals surface area contributed by atoms with Crippen molar-refractivity contribution in [3.05, 3.63) is 35.4 Å². The highest BCUT2D eigenvalue weighted by atomic mass is 16.2. The van der Waals surface area contributed by atoms with Gasteiger partial charge in [0.2, 0.25) is 23.4 Å². The molecule has 4 N–H and O–H groups in total. The third-order valence-corrected chi connectivity index (χ3v) is 10.8. The monoisotopic (exact) mass is 684 g/mol. The molecule has 1 aromatic rings. The van der Waals surface area contributed by atoms with Crippen molar-refractivity contribution in [1.29, 1.82) is 0 Å². The Morgan fingerprint density at radius 2 is 0.780 bits per heavy atom. The van der Waals surface area contributed by atoms with Gasteiger partial charge < -0.3 is 31.1 Å². The summed E-state index contributed by atoms with van der Waals surface area (Å²) in [6.45, 7) is 4.53. The summed E-state index contributed by atoms with van der Waals surface area (Å²) in [5.74, 6) is 8.86. The molecule has 12 heteroatoms. The maximum atomic E-state index is 12.9. The van der Waals surface area contributed by atoms with E-state index in [0.29, 0.717) is 77.3 Å². The van der Waals surface area contributed by atoms with Crippen molar-refractivity contribution in [3.63, 3.8) is 0 Å². The zero-order valence-corrected chi connectivity index (χ0v) is 28.7. The third kappa shape index (κ3) is 9.38. The van der Waals surface area contributed by atoms with Gasteiger partial charge in [-0.05, 0) is 112 Å². The maximum Gasteiger partial charge on any atom is 0.299 e. The van der Waals surface area contributed by atoms with Crippen LogP contribution in [-0.2, 0) is 19.2 Å². The summed E-state index contributed by atoms with van der Waals surface area (Å²) in [5.41, 5.74) is 12.0. The number of hydrogen-bond donors (Lipinski definition) is 2. The number of piperazine rings is 2. The molecule has 2 saturated carbocycles. The van der Waals surface area contributed by atoms with E-state index in [0.717, 1.165) is 51.4 Å². The van der Waals surface area contributed by atoms with Crippen LogP contribution in [0.5, 0.6) is 0 Å². The number of carbonyl (C=O) groups is 6. The van der Waals surface area contributed by atoms with Crippen LogP contribution in [0.15, 0.2) is 24.3 Å². The van der Waals surface area contributed by atoms with Crippen LogP contribution in [0.2, 0.25) is 0 Å². The van der Waals surface area contributed by atoms with E-state index in [2.05, 4.69) is 23.7 Å². The zero-order chi connectivity index (χ0) is 35.6. The van der Waals surface area contributed by atoms with E-state index in [1.54, 1.807) is 9.80 Å². The van der Waals surface area contributed by atoms with E-state index >= 15 is 0 Å². The van der Waals surface area contributed by atoms with Gasteiger partial charge in [0.1, 0.15) is 0 Å². The number of nitrogens with two attached hydrogens (primary N) is 2. The molecule has 2 aliphatic carbocycles. The number of carbonyl (C=O) groups excluding carboxylic acids is 6. The highest BCUT2D eigenvalue weighted by Crippen LogP contribution is 2.31. The molecule has 2 aliphatic heterocycles. The summed E-state index contributed by atoms with van der Waals surface area (Å²) in [7, 11) is 0. The highest BCUT2D eigenvalue weighted by molar-refractivity contribution is 6.14. The molecule has 0 unspecified atom stereocenters. The Labute approximate surface area is 294 Å². The van der Waals surface area contributed by atoms with Crippen LogP contribution in [0.3, 0.4) is 0 Å². The number of hydrogen-bond acceptors (Lipinski definition) is 8. The van der Waals surface area contributed by atoms with Crippen molar-refractivity contribution in [3.8, 4) is 23.7 Å². The Hall–Kier alpha value is -4.52. The van der Waals surface area contributed by atoms with Crippen LogP contribution in [-0.4, -0.2) is 120 Å². The number of rotatable bonds is 6. The predicted octanol–water partition coefficient (Wildman–Crippen LogP) is 0.931. The van der Waals surface area contributed by atoms with Gasteiger partial charge >= 0.3 is 0 Å². The van der Waals surface area contributed by atoms with Crippen molar-refractivity contribution in [2.24, 2.45) is 35.1 Å². The summed E-state index contributed by atoms with van der Waals surface area (Å²) in [6.07, 6.45) is 7.33. The van der Waals surface area contributed by atoms with E-state index in [9.17, 15) is 28.8 Å². The Bertz CT molecular complexity index is 1440. The fourth-order valence-electron chi connectivity index (χ4n) is 7.36. The van der Waals surface area contributed by atoms with E-state index in [1.165, 1.54) is 24.3 Å². The molecule has 0 bridgehead atoms. The molecule has 5 rings (SSSR count). The molecule has 4 amide bonds. The maximum absolute atomic E-state index is 12.9. The van der Waals surface area contributed by atoms with Crippen LogP contribution in [0.4, 0.5) is 0 Å². The first kappa shape index (κ1) is 36.8. The lowest BCUT2D eigenvalue weighted by Gasteiger charge is -2.37. The number of benzene rings is 1. The van der Waals surface area contributed by atoms with E-state index < -0.39 is 23.4 Å². The number of ketones is 2. The van der Waals surface area contributed by atoms with Crippen LogP contribution in [0.25, 0.3) is 0 Å². The lowest BCUT2D eigenvalue weighted by Crippen LogP contribution is -2.52. The van der Waals surface area contributed by atoms with Crippen LogP contribution < -0.4 is 11.5 Å². The van der Waals surface area contributed by atoms with Gasteiger partial charge in [0.25, 0.3) is 11.8 Å². The molecule has 2 saturated heterocycles. The van der Waals surface area contributed by atoms with Gasteiger partial charge in [-0.1, -0.05) is 0 Å². The molecular formula is C38H48N6O6. The van der Waals surface area contributed by atoms with Gasteiger partial charge in [0.05, 0.1) is 0 Å². The summed E-state index contributed by atoms with van der Waals surface area (Å²) >= 11 is 0. The first-order chi connectivity index (χ1) is 24.2. The second-order valence-corrected chi connectivity index (χ2v) is 13.9. The highest BCUT2D eigenvalue weighted by Gasteiger charge is 2.33. The molecule has 1 aromatic carbocycles. The normalized spacial score (nSPS) is 23.9. The Balaban J connectivity index is 1.04. The third-order valence-electron chi connectivity index (χ3n) is 10.8. The largest absolute Gasteiger partial charge is 0.339 e. The minimum absolute atomic E-state index is 0.0241. The minimum Gasteiger partial charge on any atom is -0.339 e. The van der Waals surface area contributed by atoms with Crippen molar-refractivity contribution < 1.29 is 28.8 Å². The van der Waals surface area contributed by atoms with Gasteiger partial charge in [0, 0.05) is 87.2 Å². The average Bonchev–Trinajstić information content (AvgIpc) is 3.18. The van der Waals surface area contributed by atoms with Crippen molar-refractivity contribution in [2.45, 2.75) is 51.4 Å². The Morgan fingerprint density at radius 1 is 0.480 bits per heavy atom. The van der Waals surface area contributed by atoms with Gasteiger partial charge in [-0.15, -0.1) is 0 Å². The second kappa shape index (κ2) is 17.4. The van der Waals surface area contributed by atoms with E-state index in [-0.39, 0.29) is 34.8 Å². The van der Waals surface area contributed by atoms with Crippen molar-refractivity contribution in [2.75, 3.05) is 65.4 Å². The van der Waals surface area contributed by atoms with Gasteiger partial charge in [0.15, 0.2) is 0 Å². The van der Waals surface area contributed by atoms with Gasteiger partial charge in [-0.3, -0.25) is 28.8 Å². The lowest BCUT2D eigenvalue weighted by atomic mass is 9.81. The molecule has 12 nitrogen and oxygen atoms in total. The standard InChI is InChI=1S/C38H48N6O6/c39-25-27-1-5-31(6-2-27)37(49)43-21-17-41(18-22-43)35(47)15-13-33(45)29-9-11-30(12-10-29)34(46)14-16-36(48)42-19-23-44(24-20-42)38(50)32-7-3-28(26-40)4-8-32/h9-12,27-28,31-32H,1-8,17-26,39-40H2. The first-order valence-corrected chi connectivity index (χ1v) is 17.9. The first-order valence-electron chi connectivity index (χ1n) is 17.9. The molecular weight excluding hydrogens is 636 g/mol. The Kier molecular flexibility index (Phi) is 12.8. The average molecular weight is 685 g/mol. The second-order valence-electron chi connectivity index (χ2n) is 13.9. The molecule has 266 valence electrons. The van der Waals surface area contributed by atoms with E-state index in [1.807, 2.05) is 9.80 Å². The zero-order valence-electron chi connectivity index (χ0n) is 28.7. The molecule has 0 spiro atoms. The summed E-state index contributed by atoms with van der Waals surface area (Å²) < 4.78 is 0. The Morgan fingerprint density at radius 3 is 1.08 bits per heavy atom. The number of nitrogens with zero attached hydrogens (tertiary/aromatic N) is 4. The van der Waals surface area contributed by atoms with Crippen LogP contribution in [0, 0.1) is 47.4 Å². The minimum atomic E-state index is -0.568. The molecule has 2 heterocycles. The fourth-order valence-corrected chi connectivity index (χ4v) is 7.36. The lowest BCUT2D eigenvalue weighted by molar-refractivity contribution is -0.141. The molecule has 0 aromatic heterocycles. The van der Waals surface area contributed by atoms with E-state index in [4.69, 9.17) is 11.5 Å². The van der Waals surface area contributed by atoms with Gasteiger partial charge in [-0.2, -0.15) is 0 Å². The SMILES string of the molecule is NCC1CCC(C(=O)N2CCN(C(=O)C#CC(=O)c3ccc(C(=O)C#CC(=O)N4CCN(C(=O)C5CCC(CN)CC5)CC4)cc3)CC2)CC1. The van der Waals surface area contributed by atoms with Crippen molar-refractivity contribution in [1.82, 2.24) is 19.6 Å². The fraction of sp³-hybridized carbons (Fsp3) is 0.579. The quantitative estimate of drug-likeness (QED) is 0.254. The van der Waals surface area contributed by atoms with Gasteiger partial charge in [-0.25, -0.2) is 0 Å². The summed E-state index contributed by atoms with van der Waals surface area (Å²) in [4.78, 5) is 83.2. The number of amides is 4. The topological polar surface area (TPSA) is 167 Å². The van der Waals surface area contributed by atoms with Crippen molar-refractivity contribution >= 4 is 35.2 Å². The molecule has 4 aliphatic rings. The van der Waals surface area contributed by atoms with Crippen LogP contribution >= 0.6 is 0 Å². The molecule has 0 radical (unpaired) electrons. The summed E-state index contributed by atoms with van der Waals surface area (Å²) in [5, 5.41) is 0.